The minimum absolute atomic E-state index is 0.259. The van der Waals surface area contributed by atoms with Gasteiger partial charge in [-0.25, -0.2) is 4.79 Å². The number of ether oxygens (including phenoxy) is 1. The van der Waals surface area contributed by atoms with Crippen molar-refractivity contribution in [3.05, 3.63) is 20.3 Å². The maximum absolute atomic E-state index is 11.0. The van der Waals surface area contributed by atoms with Crippen molar-refractivity contribution >= 4 is 33.4 Å². The van der Waals surface area contributed by atoms with E-state index in [0.717, 1.165) is 23.2 Å². The number of hydrogen-bond donors (Lipinski definition) is 1. The van der Waals surface area contributed by atoms with Crippen LogP contribution in [0.5, 0.6) is 0 Å². The lowest BCUT2D eigenvalue weighted by molar-refractivity contribution is -0.0978. The van der Waals surface area contributed by atoms with Gasteiger partial charge in [0.25, 0.3) is 0 Å². The smallest absolute Gasteiger partial charge is 0.407 e. The zero-order chi connectivity index (χ0) is 13.6. The Hall–Kier alpha value is -0.590. The summed E-state index contributed by atoms with van der Waals surface area (Å²) in [7, 11) is 0. The third kappa shape index (κ3) is 2.19. The second kappa shape index (κ2) is 4.75. The number of amides is 1. The van der Waals surface area contributed by atoms with E-state index >= 15 is 0 Å². The molecule has 0 radical (unpaired) electrons. The molecule has 1 N–H and O–H groups in total. The summed E-state index contributed by atoms with van der Waals surface area (Å²) in [5.74, 6) is 0.417. The third-order valence-corrected chi connectivity index (χ3v) is 5.97. The molecule has 0 aliphatic carbocycles. The van der Waals surface area contributed by atoms with Gasteiger partial charge in [-0.1, -0.05) is 6.92 Å². The number of halogens is 1. The fourth-order valence-corrected chi connectivity index (χ4v) is 4.91. The van der Waals surface area contributed by atoms with Crippen LogP contribution in [0.2, 0.25) is 0 Å². The van der Waals surface area contributed by atoms with Gasteiger partial charge >= 0.3 is 6.09 Å². The van der Waals surface area contributed by atoms with Crippen LogP contribution in [0.15, 0.2) is 9.85 Å². The van der Waals surface area contributed by atoms with Gasteiger partial charge in [0.2, 0.25) is 0 Å². The summed E-state index contributed by atoms with van der Waals surface area (Å²) in [4.78, 5) is 13.8. The van der Waals surface area contributed by atoms with E-state index in [-0.39, 0.29) is 5.60 Å². The molecule has 2 aliphatic heterocycles. The van der Waals surface area contributed by atoms with Crippen LogP contribution in [0.1, 0.15) is 36.1 Å². The molecule has 1 aromatic heterocycles. The lowest BCUT2D eigenvalue weighted by Gasteiger charge is -2.44. The Balaban J connectivity index is 1.90. The molecular formula is C13H16BrNO3S. The van der Waals surface area contributed by atoms with E-state index in [1.54, 1.807) is 11.3 Å². The summed E-state index contributed by atoms with van der Waals surface area (Å²) >= 11 is 5.30. The summed E-state index contributed by atoms with van der Waals surface area (Å²) in [6, 6.07) is 2.19. The lowest BCUT2D eigenvalue weighted by atomic mass is 9.83. The van der Waals surface area contributed by atoms with E-state index in [1.165, 1.54) is 15.3 Å². The quantitative estimate of drug-likeness (QED) is 0.781. The van der Waals surface area contributed by atoms with Crippen LogP contribution >= 0.6 is 27.3 Å². The highest BCUT2D eigenvalue weighted by Crippen LogP contribution is 2.49. The van der Waals surface area contributed by atoms with Crippen LogP contribution < -0.4 is 0 Å². The number of likely N-dealkylation sites (tertiary alicyclic amines) is 1. The van der Waals surface area contributed by atoms with Gasteiger partial charge in [-0.2, -0.15) is 0 Å². The normalized spacial score (nSPS) is 25.4. The van der Waals surface area contributed by atoms with Crippen molar-refractivity contribution in [2.24, 2.45) is 0 Å². The van der Waals surface area contributed by atoms with Crippen LogP contribution in [0.25, 0.3) is 0 Å². The van der Waals surface area contributed by atoms with E-state index in [2.05, 4.69) is 28.9 Å². The molecule has 1 spiro atoms. The van der Waals surface area contributed by atoms with Crippen LogP contribution in [-0.2, 0) is 10.3 Å². The average molecular weight is 346 g/mol. The highest BCUT2D eigenvalue weighted by Gasteiger charge is 2.44. The van der Waals surface area contributed by atoms with Gasteiger partial charge in [-0.3, -0.25) is 0 Å². The summed E-state index contributed by atoms with van der Waals surface area (Å²) in [5, 5.41) is 9.05. The topological polar surface area (TPSA) is 49.8 Å². The summed E-state index contributed by atoms with van der Waals surface area (Å²) in [6.07, 6.45) is 0.685. The second-order valence-electron chi connectivity index (χ2n) is 5.31. The van der Waals surface area contributed by atoms with Gasteiger partial charge in [0.15, 0.2) is 0 Å². The van der Waals surface area contributed by atoms with Gasteiger partial charge in [-0.05, 0) is 40.4 Å². The molecule has 0 bridgehead atoms. The van der Waals surface area contributed by atoms with Gasteiger partial charge in [-0.15, -0.1) is 11.3 Å². The highest BCUT2D eigenvalue weighted by molar-refractivity contribution is 9.11. The van der Waals surface area contributed by atoms with Crippen molar-refractivity contribution in [2.75, 3.05) is 19.7 Å². The molecule has 1 atom stereocenters. The number of carboxylic acid groups (broad SMARTS) is 1. The molecule has 1 saturated heterocycles. The fraction of sp³-hybridized carbons (Fsp3) is 0.615. The van der Waals surface area contributed by atoms with E-state index < -0.39 is 6.09 Å². The van der Waals surface area contributed by atoms with Crippen molar-refractivity contribution in [3.8, 4) is 0 Å². The molecular weight excluding hydrogens is 330 g/mol. The summed E-state index contributed by atoms with van der Waals surface area (Å²) < 4.78 is 7.29. The molecule has 1 amide bonds. The number of rotatable bonds is 0. The Kier molecular flexibility index (Phi) is 3.35. The molecule has 4 nitrogen and oxygen atoms in total. The van der Waals surface area contributed by atoms with E-state index in [0.29, 0.717) is 19.0 Å². The number of thiophene rings is 1. The molecule has 2 aliphatic rings. The Morgan fingerprint density at radius 2 is 2.26 bits per heavy atom. The summed E-state index contributed by atoms with van der Waals surface area (Å²) in [5.41, 5.74) is 1.11. The molecule has 1 fully saturated rings. The van der Waals surface area contributed by atoms with E-state index in [4.69, 9.17) is 9.84 Å². The van der Waals surface area contributed by atoms with E-state index in [9.17, 15) is 4.79 Å². The van der Waals surface area contributed by atoms with Crippen LogP contribution in [-0.4, -0.2) is 35.8 Å². The van der Waals surface area contributed by atoms with Crippen molar-refractivity contribution in [1.29, 1.82) is 0 Å². The molecule has 19 heavy (non-hydrogen) atoms. The first kappa shape index (κ1) is 13.4. The zero-order valence-corrected chi connectivity index (χ0v) is 13.1. The molecule has 0 aromatic carbocycles. The first-order valence-electron chi connectivity index (χ1n) is 6.43. The number of nitrogens with zero attached hydrogens (tertiary/aromatic N) is 1. The van der Waals surface area contributed by atoms with Crippen molar-refractivity contribution in [3.63, 3.8) is 0 Å². The SMILES string of the molecule is CC1COC2(CCN(C(=O)O)CC2)c2sc(Br)cc21. The third-order valence-electron chi connectivity index (χ3n) is 4.13. The molecule has 3 rings (SSSR count). The van der Waals surface area contributed by atoms with Crippen molar-refractivity contribution in [2.45, 2.75) is 31.3 Å². The first-order valence-corrected chi connectivity index (χ1v) is 8.04. The Morgan fingerprint density at radius 3 is 2.89 bits per heavy atom. The number of fused-ring (bicyclic) bond motifs is 2. The van der Waals surface area contributed by atoms with Crippen molar-refractivity contribution in [1.82, 2.24) is 4.90 Å². The molecule has 104 valence electrons. The van der Waals surface area contributed by atoms with Crippen LogP contribution in [0, 0.1) is 0 Å². The first-order chi connectivity index (χ1) is 9.02. The monoisotopic (exact) mass is 345 g/mol. The van der Waals surface area contributed by atoms with E-state index in [1.807, 2.05) is 0 Å². The number of hydrogen-bond acceptors (Lipinski definition) is 3. The average Bonchev–Trinajstić information content (AvgIpc) is 2.78. The molecule has 6 heteroatoms. The van der Waals surface area contributed by atoms with Crippen LogP contribution in [0.4, 0.5) is 4.79 Å². The van der Waals surface area contributed by atoms with Crippen molar-refractivity contribution < 1.29 is 14.6 Å². The predicted octanol–water partition coefficient (Wildman–Crippen LogP) is 3.61. The maximum atomic E-state index is 11.0. The van der Waals surface area contributed by atoms with Gasteiger partial charge in [0, 0.05) is 23.9 Å². The van der Waals surface area contributed by atoms with Gasteiger partial charge < -0.3 is 14.7 Å². The minimum Gasteiger partial charge on any atom is -0.465 e. The van der Waals surface area contributed by atoms with Gasteiger partial charge in [0.05, 0.1) is 10.4 Å². The lowest BCUT2D eigenvalue weighted by Crippen LogP contribution is -2.47. The Bertz CT molecular complexity index is 508. The molecule has 0 saturated carbocycles. The molecule has 1 unspecified atom stereocenters. The number of piperidine rings is 1. The highest BCUT2D eigenvalue weighted by atomic mass is 79.9. The Labute approximate surface area is 124 Å². The summed E-state index contributed by atoms with van der Waals surface area (Å²) in [6.45, 7) is 4.01. The zero-order valence-electron chi connectivity index (χ0n) is 10.7. The molecule has 1 aromatic rings. The van der Waals surface area contributed by atoms with Gasteiger partial charge in [0.1, 0.15) is 5.60 Å². The fourth-order valence-electron chi connectivity index (χ4n) is 2.97. The molecule has 3 heterocycles. The predicted molar refractivity (Wildman–Crippen MR) is 76.9 cm³/mol. The standard InChI is InChI=1S/C13H16BrNO3S/c1-8-7-18-13(11-9(8)6-10(14)19-11)2-4-15(5-3-13)12(16)17/h6,8H,2-5,7H2,1H3,(H,16,17). The Morgan fingerprint density at radius 1 is 1.58 bits per heavy atom. The number of carbonyl (C=O) groups is 1. The minimum atomic E-state index is -0.827. The maximum Gasteiger partial charge on any atom is 0.407 e. The van der Waals surface area contributed by atoms with Crippen LogP contribution in [0.3, 0.4) is 0 Å². The second-order valence-corrected chi connectivity index (χ2v) is 7.74. The largest absolute Gasteiger partial charge is 0.465 e.